The van der Waals surface area contributed by atoms with Crippen LogP contribution in [0.1, 0.15) is 31.7 Å². The lowest BCUT2D eigenvalue weighted by molar-refractivity contribution is -0.132. The third-order valence-electron chi connectivity index (χ3n) is 5.11. The lowest BCUT2D eigenvalue weighted by Gasteiger charge is -2.35. The molecular formula is C18H25F3N2O3S. The highest BCUT2D eigenvalue weighted by Crippen LogP contribution is 2.24. The van der Waals surface area contributed by atoms with Gasteiger partial charge in [0, 0.05) is 37.4 Å². The van der Waals surface area contributed by atoms with E-state index in [0.29, 0.717) is 32.0 Å². The summed E-state index contributed by atoms with van der Waals surface area (Å²) in [4.78, 5) is 13.8. The summed E-state index contributed by atoms with van der Waals surface area (Å²) in [6.07, 6.45) is 1.24. The molecule has 0 bridgehead atoms. The monoisotopic (exact) mass is 406 g/mol. The molecular weight excluding hydrogens is 381 g/mol. The van der Waals surface area contributed by atoms with Crippen LogP contribution in [0.3, 0.4) is 0 Å². The van der Waals surface area contributed by atoms with Gasteiger partial charge in [-0.15, -0.1) is 0 Å². The predicted octanol–water partition coefficient (Wildman–Crippen LogP) is 2.04. The highest BCUT2D eigenvalue weighted by Gasteiger charge is 2.28. The molecule has 1 atom stereocenters. The fourth-order valence-electron chi connectivity index (χ4n) is 3.26. The van der Waals surface area contributed by atoms with Crippen LogP contribution in [-0.2, 0) is 21.1 Å². The van der Waals surface area contributed by atoms with Crippen molar-refractivity contribution in [2.45, 2.75) is 38.6 Å². The normalized spacial score (nSPS) is 17.1. The quantitative estimate of drug-likeness (QED) is 0.703. The summed E-state index contributed by atoms with van der Waals surface area (Å²) in [7, 11) is -3.18. The molecule has 1 heterocycles. The van der Waals surface area contributed by atoms with Crippen molar-refractivity contribution in [1.29, 1.82) is 0 Å². The molecule has 0 radical (unpaired) electrons. The fourth-order valence-corrected chi connectivity index (χ4v) is 4.04. The molecule has 27 heavy (non-hydrogen) atoms. The first-order valence-electron chi connectivity index (χ1n) is 9.00. The first-order valence-corrected chi connectivity index (χ1v) is 10.8. The Morgan fingerprint density at radius 2 is 1.78 bits per heavy atom. The van der Waals surface area contributed by atoms with Crippen LogP contribution in [-0.4, -0.2) is 49.9 Å². The number of halogens is 3. The molecule has 1 aromatic carbocycles. The molecule has 0 spiro atoms. The van der Waals surface area contributed by atoms with Crippen molar-refractivity contribution in [3.05, 3.63) is 35.1 Å². The van der Waals surface area contributed by atoms with E-state index in [1.54, 1.807) is 11.8 Å². The molecule has 0 aliphatic carbocycles. The zero-order valence-corrected chi connectivity index (χ0v) is 16.1. The Morgan fingerprint density at radius 1 is 1.19 bits per heavy atom. The molecule has 1 aliphatic rings. The average Bonchev–Trinajstić information content (AvgIpc) is 2.64. The zero-order valence-electron chi connectivity index (χ0n) is 15.3. The van der Waals surface area contributed by atoms with Gasteiger partial charge in [0.2, 0.25) is 5.91 Å². The van der Waals surface area contributed by atoms with Crippen molar-refractivity contribution in [3.8, 4) is 0 Å². The second kappa shape index (κ2) is 9.05. The number of benzene rings is 1. The van der Waals surface area contributed by atoms with Crippen LogP contribution < -0.4 is 5.73 Å². The van der Waals surface area contributed by atoms with Gasteiger partial charge in [0.15, 0.2) is 21.5 Å². The topological polar surface area (TPSA) is 80.5 Å². The molecule has 5 nitrogen and oxygen atoms in total. The van der Waals surface area contributed by atoms with Crippen LogP contribution in [0.2, 0.25) is 0 Å². The van der Waals surface area contributed by atoms with E-state index in [0.717, 1.165) is 6.07 Å². The van der Waals surface area contributed by atoms with Gasteiger partial charge in [-0.05, 0) is 36.8 Å². The Bertz CT molecular complexity index is 778. The van der Waals surface area contributed by atoms with Crippen LogP contribution in [0, 0.1) is 23.4 Å². The van der Waals surface area contributed by atoms with E-state index in [1.807, 2.05) is 0 Å². The number of sulfone groups is 1. The summed E-state index contributed by atoms with van der Waals surface area (Å²) in [5.74, 6) is -3.50. The van der Waals surface area contributed by atoms with Gasteiger partial charge in [-0.1, -0.05) is 6.92 Å². The number of carbonyl (C=O) groups is 1. The number of carbonyl (C=O) groups excluding carboxylic acids is 1. The van der Waals surface area contributed by atoms with Gasteiger partial charge in [0.25, 0.3) is 0 Å². The highest BCUT2D eigenvalue weighted by atomic mass is 32.2. The minimum Gasteiger partial charge on any atom is -0.343 e. The van der Waals surface area contributed by atoms with Gasteiger partial charge in [-0.3, -0.25) is 4.79 Å². The Morgan fingerprint density at radius 3 is 2.37 bits per heavy atom. The van der Waals surface area contributed by atoms with Crippen molar-refractivity contribution in [2.75, 3.05) is 24.6 Å². The molecule has 2 rings (SSSR count). The van der Waals surface area contributed by atoms with E-state index in [2.05, 4.69) is 0 Å². The molecule has 0 aromatic heterocycles. The minimum absolute atomic E-state index is 0.0117. The summed E-state index contributed by atoms with van der Waals surface area (Å²) in [5.41, 5.74) is 6.16. The van der Waals surface area contributed by atoms with Crippen LogP contribution in [0.4, 0.5) is 13.2 Å². The number of hydrogen-bond donors (Lipinski definition) is 1. The van der Waals surface area contributed by atoms with Gasteiger partial charge in [-0.2, -0.15) is 0 Å². The van der Waals surface area contributed by atoms with Crippen LogP contribution in [0.15, 0.2) is 12.1 Å². The first kappa shape index (κ1) is 21.7. The summed E-state index contributed by atoms with van der Waals surface area (Å²) >= 11 is 0. The number of piperidine rings is 1. The summed E-state index contributed by atoms with van der Waals surface area (Å²) in [6, 6.07) is 0.905. The number of nitrogens with two attached hydrogens (primary N) is 1. The standard InChI is InChI=1S/C18H25F3N2O3S/c1-2-27(25,26)8-5-18(24)23-6-3-12(4-7-23)17(22)10-13-9-15(20)16(21)11-14(13)19/h9,11-12,17H,2-8,10,22H2,1H3/t17-/m1/s1. The van der Waals surface area contributed by atoms with Gasteiger partial charge in [0.05, 0.1) is 5.75 Å². The lowest BCUT2D eigenvalue weighted by atomic mass is 9.86. The molecule has 1 fully saturated rings. The zero-order chi connectivity index (χ0) is 20.2. The van der Waals surface area contributed by atoms with Crippen molar-refractivity contribution >= 4 is 15.7 Å². The lowest BCUT2D eigenvalue weighted by Crippen LogP contribution is -2.44. The van der Waals surface area contributed by atoms with Crippen molar-refractivity contribution in [3.63, 3.8) is 0 Å². The third kappa shape index (κ3) is 5.93. The van der Waals surface area contributed by atoms with Crippen LogP contribution >= 0.6 is 0 Å². The van der Waals surface area contributed by atoms with E-state index >= 15 is 0 Å². The van der Waals surface area contributed by atoms with Crippen molar-refractivity contribution in [2.24, 2.45) is 11.7 Å². The van der Waals surface area contributed by atoms with E-state index < -0.39 is 33.3 Å². The minimum atomic E-state index is -3.18. The third-order valence-corrected chi connectivity index (χ3v) is 6.82. The maximum Gasteiger partial charge on any atom is 0.223 e. The van der Waals surface area contributed by atoms with E-state index in [-0.39, 0.29) is 41.7 Å². The molecule has 0 unspecified atom stereocenters. The summed E-state index contributed by atoms with van der Waals surface area (Å²) < 4.78 is 63.1. The highest BCUT2D eigenvalue weighted by molar-refractivity contribution is 7.91. The fraction of sp³-hybridized carbons (Fsp3) is 0.611. The SMILES string of the molecule is CCS(=O)(=O)CCC(=O)N1CCC([C@H](N)Cc2cc(F)c(F)cc2F)CC1. The molecule has 1 aromatic rings. The Hall–Kier alpha value is -1.61. The second-order valence-electron chi connectivity index (χ2n) is 6.93. The smallest absolute Gasteiger partial charge is 0.223 e. The van der Waals surface area contributed by atoms with E-state index in [1.165, 1.54) is 0 Å². The number of likely N-dealkylation sites (tertiary alicyclic amines) is 1. The van der Waals surface area contributed by atoms with Crippen LogP contribution in [0.5, 0.6) is 0 Å². The summed E-state index contributed by atoms with van der Waals surface area (Å²) in [5, 5.41) is 0. The van der Waals surface area contributed by atoms with Gasteiger partial charge in [-0.25, -0.2) is 21.6 Å². The number of rotatable bonds is 7. The average molecular weight is 406 g/mol. The van der Waals surface area contributed by atoms with Gasteiger partial charge < -0.3 is 10.6 Å². The molecule has 1 saturated heterocycles. The first-order chi connectivity index (χ1) is 12.6. The molecule has 2 N–H and O–H groups in total. The molecule has 1 amide bonds. The van der Waals surface area contributed by atoms with Gasteiger partial charge in [0.1, 0.15) is 5.82 Å². The predicted molar refractivity (Wildman–Crippen MR) is 96.2 cm³/mol. The molecule has 9 heteroatoms. The van der Waals surface area contributed by atoms with Gasteiger partial charge >= 0.3 is 0 Å². The van der Waals surface area contributed by atoms with Crippen molar-refractivity contribution < 1.29 is 26.4 Å². The maximum atomic E-state index is 13.8. The number of amides is 1. The largest absolute Gasteiger partial charge is 0.343 e. The second-order valence-corrected chi connectivity index (χ2v) is 9.40. The Balaban J connectivity index is 1.86. The molecule has 152 valence electrons. The summed E-state index contributed by atoms with van der Waals surface area (Å²) in [6.45, 7) is 2.44. The number of nitrogens with zero attached hydrogens (tertiary/aromatic N) is 1. The number of hydrogen-bond acceptors (Lipinski definition) is 4. The Labute approximate surface area is 157 Å². The molecule has 1 aliphatic heterocycles. The molecule has 0 saturated carbocycles. The van der Waals surface area contributed by atoms with Crippen LogP contribution in [0.25, 0.3) is 0 Å². The van der Waals surface area contributed by atoms with Crippen molar-refractivity contribution in [1.82, 2.24) is 4.90 Å². The van der Waals surface area contributed by atoms with E-state index in [9.17, 15) is 26.4 Å². The maximum absolute atomic E-state index is 13.8. The Kier molecular flexibility index (Phi) is 7.27. The van der Waals surface area contributed by atoms with E-state index in [4.69, 9.17) is 5.73 Å².